The molecule has 0 radical (unpaired) electrons. The van der Waals surface area contributed by atoms with Crippen LogP contribution in [0.5, 0.6) is 0 Å². The van der Waals surface area contributed by atoms with Crippen LogP contribution in [0.15, 0.2) is 0 Å². The van der Waals surface area contributed by atoms with Crippen LogP contribution in [0.3, 0.4) is 0 Å². The Morgan fingerprint density at radius 1 is 0.500 bits per heavy atom. The summed E-state index contributed by atoms with van der Waals surface area (Å²) in [7, 11) is 1.26. The van der Waals surface area contributed by atoms with Crippen molar-refractivity contribution in [1.29, 1.82) is 0 Å². The maximum Gasteiger partial charge on any atom is 0.187 e. The molecule has 0 aromatic heterocycles. The van der Waals surface area contributed by atoms with Gasteiger partial charge in [-0.2, -0.15) is 0 Å². The third-order valence-electron chi connectivity index (χ3n) is 7.68. The van der Waals surface area contributed by atoms with E-state index >= 15 is 0 Å². The van der Waals surface area contributed by atoms with E-state index in [2.05, 4.69) is 0 Å². The molecule has 11 N–H and O–H groups in total. The molecule has 4 fully saturated rings. The van der Waals surface area contributed by atoms with Gasteiger partial charge in [0, 0.05) is 7.11 Å². The van der Waals surface area contributed by atoms with Crippen LogP contribution in [0, 0.1) is 0 Å². The van der Waals surface area contributed by atoms with Gasteiger partial charge in [0.1, 0.15) is 85.5 Å². The first-order chi connectivity index (χ1) is 19.9. The third-order valence-corrected chi connectivity index (χ3v) is 7.68. The van der Waals surface area contributed by atoms with Crippen molar-refractivity contribution < 1.29 is 94.1 Å². The Morgan fingerprint density at radius 3 is 1.48 bits per heavy atom. The molecule has 0 spiro atoms. The highest BCUT2D eigenvalue weighted by Crippen LogP contribution is 2.31. The molecule has 18 atom stereocenters. The largest absolute Gasteiger partial charge is 0.394 e. The van der Waals surface area contributed by atoms with Gasteiger partial charge >= 0.3 is 0 Å². The molecule has 19 nitrogen and oxygen atoms in total. The van der Waals surface area contributed by atoms with Crippen LogP contribution in [0.1, 0.15) is 0 Å². The molecule has 0 saturated carbocycles. The van der Waals surface area contributed by atoms with Gasteiger partial charge < -0.3 is 94.1 Å². The van der Waals surface area contributed by atoms with E-state index in [9.17, 15) is 56.2 Å². The molecule has 4 heterocycles. The number of rotatable bonds is 9. The van der Waals surface area contributed by atoms with Gasteiger partial charge in [0.15, 0.2) is 25.2 Å². The van der Waals surface area contributed by atoms with Crippen molar-refractivity contribution in [2.45, 2.75) is 111 Å². The fourth-order valence-electron chi connectivity index (χ4n) is 5.11. The highest BCUT2D eigenvalue weighted by molar-refractivity contribution is 4.95. The second-order valence-corrected chi connectivity index (χ2v) is 10.5. The van der Waals surface area contributed by atoms with Crippen LogP contribution in [-0.2, 0) is 37.9 Å². The lowest BCUT2D eigenvalue weighted by Gasteiger charge is -2.47. The van der Waals surface area contributed by atoms with E-state index in [-0.39, 0.29) is 6.61 Å². The predicted octanol–water partition coefficient (Wildman–Crippen LogP) is -7.82. The van der Waals surface area contributed by atoms with Gasteiger partial charge in [0.2, 0.25) is 0 Å². The fourth-order valence-corrected chi connectivity index (χ4v) is 5.11. The number of aliphatic hydroxyl groups excluding tert-OH is 11. The minimum atomic E-state index is -1.85. The molecule has 4 rings (SSSR count). The number of aliphatic hydroxyl groups is 11. The molecular formula is C23H40O19. The first-order valence-corrected chi connectivity index (χ1v) is 13.3. The van der Waals surface area contributed by atoms with Crippen molar-refractivity contribution in [2.75, 3.05) is 33.5 Å². The van der Waals surface area contributed by atoms with Crippen LogP contribution in [0.25, 0.3) is 0 Å². The zero-order valence-corrected chi connectivity index (χ0v) is 22.4. The summed E-state index contributed by atoms with van der Waals surface area (Å²) in [6, 6.07) is 0. The normalized spacial score (nSPS) is 52.3. The van der Waals surface area contributed by atoms with E-state index in [0.717, 1.165) is 0 Å². The SMILES string of the molecule is CO[C@@H]1OC[C@@H](O[C@@H]2O[C@H](CO)[C@@H](O[C@@H]3OC[C@@H](O[C@@H]4O[C@H](CO)[C@@H](O)[C@H](O)[C@@H]4O)[C@H](O)[C@H]3O)[C@H](O)[C@@H]2O)[C@H](O)[C@H]1O. The maximum atomic E-state index is 10.8. The third kappa shape index (κ3) is 6.89. The molecule has 0 unspecified atom stereocenters. The van der Waals surface area contributed by atoms with Gasteiger partial charge in [0.05, 0.1) is 26.4 Å². The van der Waals surface area contributed by atoms with Gasteiger partial charge in [-0.05, 0) is 0 Å². The van der Waals surface area contributed by atoms with Gasteiger partial charge in [-0.1, -0.05) is 0 Å². The van der Waals surface area contributed by atoms with E-state index in [0.29, 0.717) is 0 Å². The van der Waals surface area contributed by atoms with Crippen molar-refractivity contribution >= 4 is 0 Å². The Morgan fingerprint density at radius 2 is 0.952 bits per heavy atom. The van der Waals surface area contributed by atoms with Crippen LogP contribution in [0.2, 0.25) is 0 Å². The summed E-state index contributed by atoms with van der Waals surface area (Å²) in [6.07, 6.45) is -28.2. The van der Waals surface area contributed by atoms with E-state index in [1.165, 1.54) is 7.11 Å². The summed E-state index contributed by atoms with van der Waals surface area (Å²) in [6.45, 7) is -2.24. The average molecular weight is 621 g/mol. The summed E-state index contributed by atoms with van der Waals surface area (Å²) in [5.41, 5.74) is 0. The first-order valence-electron chi connectivity index (χ1n) is 13.3. The second kappa shape index (κ2) is 14.6. The molecule has 19 heteroatoms. The molecule has 0 amide bonds. The minimum absolute atomic E-state index is 0.268. The highest BCUT2D eigenvalue weighted by atomic mass is 16.8. The Labute approximate surface area is 238 Å². The van der Waals surface area contributed by atoms with E-state index in [4.69, 9.17) is 37.9 Å². The molecule has 0 aromatic rings. The number of hydrogen-bond donors (Lipinski definition) is 11. The van der Waals surface area contributed by atoms with Gasteiger partial charge in [0.25, 0.3) is 0 Å². The van der Waals surface area contributed by atoms with Crippen LogP contribution in [0.4, 0.5) is 0 Å². The summed E-state index contributed by atoms with van der Waals surface area (Å²) in [4.78, 5) is 0. The van der Waals surface area contributed by atoms with Crippen LogP contribution in [-0.4, -0.2) is 200 Å². The zero-order valence-electron chi connectivity index (χ0n) is 22.4. The molecule has 0 bridgehead atoms. The summed E-state index contributed by atoms with van der Waals surface area (Å²) in [5, 5.41) is 112. The quantitative estimate of drug-likeness (QED) is 0.114. The molecule has 4 saturated heterocycles. The Hall–Kier alpha value is -0.760. The number of methoxy groups -OCH3 is 1. The summed E-state index contributed by atoms with van der Waals surface area (Å²) >= 11 is 0. The first kappa shape index (κ1) is 34.1. The molecule has 42 heavy (non-hydrogen) atoms. The summed E-state index contributed by atoms with van der Waals surface area (Å²) in [5.74, 6) is 0. The Kier molecular flexibility index (Phi) is 11.8. The van der Waals surface area contributed by atoms with Crippen molar-refractivity contribution in [2.24, 2.45) is 0 Å². The fraction of sp³-hybridized carbons (Fsp3) is 1.00. The van der Waals surface area contributed by atoms with Gasteiger partial charge in [-0.3, -0.25) is 0 Å². The standard InChI is InChI=1S/C23H40O19/c1-35-20-15(31)11(27)8(4-36-20)41-23-18(34)14(30)19(7(3-25)39-23)42-21-16(32)12(28)9(5-37-21)40-22-17(33)13(29)10(26)6(2-24)38-22/h6-34H,2-5H2,1H3/t6-,7-,8-,9-,10-,11+,12+,13+,14-,15-,16-,17+,18+,19-,20-,21+,22+,23+/m1/s1. The van der Waals surface area contributed by atoms with Crippen molar-refractivity contribution in [3.8, 4) is 0 Å². The second-order valence-electron chi connectivity index (χ2n) is 10.5. The molecule has 4 aliphatic heterocycles. The Bertz CT molecular complexity index is 836. The van der Waals surface area contributed by atoms with Gasteiger partial charge in [-0.25, -0.2) is 0 Å². The molecule has 246 valence electrons. The van der Waals surface area contributed by atoms with E-state index in [1.54, 1.807) is 0 Å². The molecule has 0 aliphatic carbocycles. The van der Waals surface area contributed by atoms with E-state index in [1.807, 2.05) is 0 Å². The lowest BCUT2D eigenvalue weighted by Crippen LogP contribution is -2.65. The lowest BCUT2D eigenvalue weighted by atomic mass is 9.97. The smallest absolute Gasteiger partial charge is 0.187 e. The highest BCUT2D eigenvalue weighted by Gasteiger charge is 2.52. The Balaban J connectivity index is 1.34. The van der Waals surface area contributed by atoms with Crippen molar-refractivity contribution in [1.82, 2.24) is 0 Å². The van der Waals surface area contributed by atoms with Crippen molar-refractivity contribution in [3.63, 3.8) is 0 Å². The average Bonchev–Trinajstić information content (AvgIpc) is 2.98. The number of ether oxygens (including phenoxy) is 8. The monoisotopic (exact) mass is 620 g/mol. The molecule has 0 aromatic carbocycles. The minimum Gasteiger partial charge on any atom is -0.394 e. The predicted molar refractivity (Wildman–Crippen MR) is 127 cm³/mol. The van der Waals surface area contributed by atoms with Crippen LogP contribution < -0.4 is 0 Å². The number of hydrogen-bond acceptors (Lipinski definition) is 19. The molecule has 4 aliphatic rings. The molecular weight excluding hydrogens is 580 g/mol. The zero-order chi connectivity index (χ0) is 30.9. The van der Waals surface area contributed by atoms with Crippen LogP contribution >= 0.6 is 0 Å². The lowest BCUT2D eigenvalue weighted by molar-refractivity contribution is -0.373. The maximum absolute atomic E-state index is 10.8. The topological polar surface area (TPSA) is 296 Å². The van der Waals surface area contributed by atoms with E-state index < -0.39 is 130 Å². The van der Waals surface area contributed by atoms with Crippen molar-refractivity contribution in [3.05, 3.63) is 0 Å². The summed E-state index contributed by atoms with van der Waals surface area (Å²) < 4.78 is 42.8. The van der Waals surface area contributed by atoms with Gasteiger partial charge in [-0.15, -0.1) is 0 Å².